The van der Waals surface area contributed by atoms with Crippen molar-refractivity contribution < 1.29 is 4.74 Å². The van der Waals surface area contributed by atoms with Crippen molar-refractivity contribution in [2.75, 3.05) is 5.32 Å². The van der Waals surface area contributed by atoms with Gasteiger partial charge in [0.15, 0.2) is 11.9 Å². The Hall–Kier alpha value is -2.90. The second kappa shape index (κ2) is 8.45. The first-order valence-corrected chi connectivity index (χ1v) is 11.2. The highest BCUT2D eigenvalue weighted by molar-refractivity contribution is 9.10. The van der Waals surface area contributed by atoms with Gasteiger partial charge >= 0.3 is 0 Å². The van der Waals surface area contributed by atoms with Gasteiger partial charge in [0, 0.05) is 27.0 Å². The van der Waals surface area contributed by atoms with Crippen molar-refractivity contribution in [1.82, 2.24) is 15.2 Å². The molecule has 1 aromatic heterocycles. The standard InChI is InChI=1S/C23H17BrN4OS/c24-17-10-6-9-16(13-17)21-25-19-12-5-4-11-18(19)20-22(29-21)26-23(28-27-20)30-14-15-7-2-1-3-8-15/h1-13,21,25H,14H2/t21-/m0/s1. The fraction of sp³-hybridized carbons (Fsp3) is 0.0870. The molecule has 0 spiro atoms. The van der Waals surface area contributed by atoms with Gasteiger partial charge in [-0.3, -0.25) is 0 Å². The number of hydrogen-bond donors (Lipinski definition) is 1. The summed E-state index contributed by atoms with van der Waals surface area (Å²) in [7, 11) is 0. The highest BCUT2D eigenvalue weighted by Crippen LogP contribution is 2.39. The topological polar surface area (TPSA) is 59.9 Å². The maximum Gasteiger partial charge on any atom is 0.247 e. The van der Waals surface area contributed by atoms with Crippen LogP contribution in [0.25, 0.3) is 11.3 Å². The first kappa shape index (κ1) is 19.1. The van der Waals surface area contributed by atoms with Crippen LogP contribution in [-0.4, -0.2) is 15.2 Å². The zero-order valence-corrected chi connectivity index (χ0v) is 18.2. The predicted molar refractivity (Wildman–Crippen MR) is 122 cm³/mol. The monoisotopic (exact) mass is 476 g/mol. The number of halogens is 1. The van der Waals surface area contributed by atoms with E-state index in [-0.39, 0.29) is 0 Å². The number of para-hydroxylation sites is 1. The molecule has 0 saturated carbocycles. The molecule has 0 unspecified atom stereocenters. The Morgan fingerprint density at radius 2 is 1.77 bits per heavy atom. The molecule has 5 nitrogen and oxygen atoms in total. The van der Waals surface area contributed by atoms with E-state index in [0.29, 0.717) is 16.7 Å². The molecule has 3 aromatic carbocycles. The largest absolute Gasteiger partial charge is 0.448 e. The van der Waals surface area contributed by atoms with Gasteiger partial charge in [0.2, 0.25) is 11.0 Å². The molecule has 0 radical (unpaired) electrons. The van der Waals surface area contributed by atoms with Crippen molar-refractivity contribution in [3.05, 3.63) is 94.5 Å². The third-order valence-corrected chi connectivity index (χ3v) is 6.10. The van der Waals surface area contributed by atoms with Crippen LogP contribution < -0.4 is 10.1 Å². The van der Waals surface area contributed by atoms with Crippen molar-refractivity contribution in [2.24, 2.45) is 0 Å². The SMILES string of the molecule is Brc1cccc([C@H]2Nc3ccccc3-c3nnc(SCc4ccccc4)nc3O2)c1. The predicted octanol–water partition coefficient (Wildman–Crippen LogP) is 6.10. The molecule has 0 bridgehead atoms. The van der Waals surface area contributed by atoms with Crippen LogP contribution in [0.15, 0.2) is 88.5 Å². The molecule has 1 atom stereocenters. The van der Waals surface area contributed by atoms with E-state index in [1.165, 1.54) is 5.56 Å². The molecule has 0 saturated heterocycles. The van der Waals surface area contributed by atoms with Gasteiger partial charge in [-0.05, 0) is 23.8 Å². The summed E-state index contributed by atoms with van der Waals surface area (Å²) in [6.07, 6.45) is -0.395. The van der Waals surface area contributed by atoms with E-state index in [1.54, 1.807) is 11.8 Å². The zero-order valence-electron chi connectivity index (χ0n) is 15.8. The maximum atomic E-state index is 6.31. The number of rotatable bonds is 4. The summed E-state index contributed by atoms with van der Waals surface area (Å²) in [6, 6.07) is 26.2. The van der Waals surface area contributed by atoms with Crippen molar-refractivity contribution in [3.63, 3.8) is 0 Å². The smallest absolute Gasteiger partial charge is 0.247 e. The summed E-state index contributed by atoms with van der Waals surface area (Å²) in [4.78, 5) is 4.70. The quantitative estimate of drug-likeness (QED) is 0.359. The average Bonchev–Trinajstić information content (AvgIpc) is 2.95. The number of ether oxygens (including phenoxy) is 1. The van der Waals surface area contributed by atoms with E-state index in [9.17, 15) is 0 Å². The number of fused-ring (bicyclic) bond motifs is 3. The highest BCUT2D eigenvalue weighted by atomic mass is 79.9. The minimum atomic E-state index is -0.395. The van der Waals surface area contributed by atoms with Crippen LogP contribution in [0.2, 0.25) is 0 Å². The summed E-state index contributed by atoms with van der Waals surface area (Å²) in [5.74, 6) is 1.24. The molecule has 0 aliphatic carbocycles. The van der Waals surface area contributed by atoms with E-state index in [0.717, 1.165) is 27.0 Å². The molecule has 1 aliphatic rings. The minimum Gasteiger partial charge on any atom is -0.448 e. The summed E-state index contributed by atoms with van der Waals surface area (Å²) < 4.78 is 7.30. The number of benzene rings is 3. The van der Waals surface area contributed by atoms with Crippen LogP contribution in [0.5, 0.6) is 5.88 Å². The van der Waals surface area contributed by atoms with Crippen LogP contribution in [0.1, 0.15) is 17.4 Å². The van der Waals surface area contributed by atoms with Crippen LogP contribution in [0, 0.1) is 0 Å². The number of thioether (sulfide) groups is 1. The van der Waals surface area contributed by atoms with Gasteiger partial charge in [-0.15, -0.1) is 10.2 Å². The highest BCUT2D eigenvalue weighted by Gasteiger charge is 2.26. The molecule has 1 aliphatic heterocycles. The Bertz CT molecular complexity index is 1190. The number of hydrogen-bond acceptors (Lipinski definition) is 6. The van der Waals surface area contributed by atoms with Crippen LogP contribution in [0.3, 0.4) is 0 Å². The fourth-order valence-electron chi connectivity index (χ4n) is 3.25. The normalized spacial score (nSPS) is 14.6. The molecule has 4 aromatic rings. The molecule has 148 valence electrons. The second-order valence-electron chi connectivity index (χ2n) is 6.77. The van der Waals surface area contributed by atoms with Crippen LogP contribution in [-0.2, 0) is 5.75 Å². The van der Waals surface area contributed by atoms with Gasteiger partial charge in [-0.1, -0.05) is 88.4 Å². The van der Waals surface area contributed by atoms with Crippen molar-refractivity contribution in [3.8, 4) is 17.1 Å². The minimum absolute atomic E-state index is 0.395. The molecule has 30 heavy (non-hydrogen) atoms. The number of nitrogens with one attached hydrogen (secondary N) is 1. The summed E-state index contributed by atoms with van der Waals surface area (Å²) >= 11 is 5.08. The van der Waals surface area contributed by atoms with Crippen molar-refractivity contribution in [2.45, 2.75) is 17.1 Å². The Labute approximate surface area is 187 Å². The van der Waals surface area contributed by atoms with Crippen LogP contribution in [0.4, 0.5) is 5.69 Å². The molecule has 1 N–H and O–H groups in total. The molecule has 0 amide bonds. The fourth-order valence-corrected chi connectivity index (χ4v) is 4.40. The Morgan fingerprint density at radius 1 is 0.933 bits per heavy atom. The molecular formula is C23H17BrN4OS. The lowest BCUT2D eigenvalue weighted by molar-refractivity contribution is 0.225. The van der Waals surface area contributed by atoms with Gasteiger partial charge in [-0.2, -0.15) is 4.98 Å². The lowest BCUT2D eigenvalue weighted by Gasteiger charge is -2.19. The van der Waals surface area contributed by atoms with E-state index in [4.69, 9.17) is 9.72 Å². The second-order valence-corrected chi connectivity index (χ2v) is 8.62. The molecular weight excluding hydrogens is 460 g/mol. The summed E-state index contributed by atoms with van der Waals surface area (Å²) in [5, 5.41) is 12.9. The average molecular weight is 477 g/mol. The summed E-state index contributed by atoms with van der Waals surface area (Å²) in [5.41, 5.74) is 4.69. The third-order valence-electron chi connectivity index (χ3n) is 4.70. The van der Waals surface area contributed by atoms with Crippen molar-refractivity contribution in [1.29, 1.82) is 0 Å². The van der Waals surface area contributed by atoms with Crippen molar-refractivity contribution >= 4 is 33.4 Å². The lowest BCUT2D eigenvalue weighted by atomic mass is 10.1. The third kappa shape index (κ3) is 4.04. The molecule has 7 heteroatoms. The van der Waals surface area contributed by atoms with E-state index in [2.05, 4.69) is 43.6 Å². The maximum absolute atomic E-state index is 6.31. The Balaban J connectivity index is 1.51. The Kier molecular flexibility index (Phi) is 5.38. The molecule has 2 heterocycles. The lowest BCUT2D eigenvalue weighted by Crippen LogP contribution is -2.17. The first-order valence-electron chi connectivity index (χ1n) is 9.46. The van der Waals surface area contributed by atoms with Gasteiger partial charge in [0.25, 0.3) is 0 Å². The Morgan fingerprint density at radius 3 is 2.63 bits per heavy atom. The zero-order chi connectivity index (χ0) is 20.3. The van der Waals surface area contributed by atoms with E-state index >= 15 is 0 Å². The number of aromatic nitrogens is 3. The van der Waals surface area contributed by atoms with E-state index in [1.807, 2.05) is 66.7 Å². The summed E-state index contributed by atoms with van der Waals surface area (Å²) in [6.45, 7) is 0. The first-order chi connectivity index (χ1) is 14.8. The van der Waals surface area contributed by atoms with Gasteiger partial charge in [-0.25, -0.2) is 0 Å². The van der Waals surface area contributed by atoms with Crippen LogP contribution >= 0.6 is 27.7 Å². The molecule has 5 rings (SSSR count). The van der Waals surface area contributed by atoms with E-state index < -0.39 is 6.23 Å². The number of nitrogens with zero attached hydrogens (tertiary/aromatic N) is 3. The molecule has 0 fully saturated rings. The van der Waals surface area contributed by atoms with Gasteiger partial charge in [0.1, 0.15) is 0 Å². The van der Waals surface area contributed by atoms with Gasteiger partial charge in [0.05, 0.1) is 0 Å². The number of anilines is 1. The van der Waals surface area contributed by atoms with Gasteiger partial charge < -0.3 is 10.1 Å².